The molecule has 3 aromatic rings. The van der Waals surface area contributed by atoms with E-state index in [9.17, 15) is 0 Å². The van der Waals surface area contributed by atoms with Gasteiger partial charge in [0.05, 0.1) is 11.4 Å². The number of hydrogen-bond acceptors (Lipinski definition) is 6. The Hall–Kier alpha value is -1.50. The van der Waals surface area contributed by atoms with Gasteiger partial charge in [-0.2, -0.15) is 0 Å². The smallest absolute Gasteiger partial charge is 0.138 e. The van der Waals surface area contributed by atoms with E-state index in [0.717, 1.165) is 23.0 Å². The van der Waals surface area contributed by atoms with Gasteiger partial charge in [0.1, 0.15) is 16.5 Å². The van der Waals surface area contributed by atoms with Gasteiger partial charge < -0.3 is 10.2 Å². The van der Waals surface area contributed by atoms with Crippen LogP contribution in [0.25, 0.3) is 10.2 Å². The van der Waals surface area contributed by atoms with Gasteiger partial charge >= 0.3 is 0 Å². The Morgan fingerprint density at radius 2 is 2.08 bits per heavy atom. The average Bonchev–Trinajstić information content (AvgIpc) is 3.21. The highest BCUT2D eigenvalue weighted by Crippen LogP contribution is 2.38. The van der Waals surface area contributed by atoms with Crippen molar-refractivity contribution in [3.8, 4) is 0 Å². The fraction of sp³-hybridized carbons (Fsp3) is 0.474. The van der Waals surface area contributed by atoms with Crippen molar-refractivity contribution in [3.63, 3.8) is 0 Å². The molecule has 0 aliphatic heterocycles. The predicted molar refractivity (Wildman–Crippen MR) is 108 cm³/mol. The fourth-order valence-corrected chi connectivity index (χ4v) is 5.83. The quantitative estimate of drug-likeness (QED) is 0.707. The molecule has 1 aliphatic carbocycles. The zero-order valence-corrected chi connectivity index (χ0v) is 16.6. The molecule has 1 atom stereocenters. The Morgan fingerprint density at radius 3 is 2.84 bits per heavy atom. The Labute approximate surface area is 156 Å². The zero-order valence-electron chi connectivity index (χ0n) is 15.0. The first kappa shape index (κ1) is 16.9. The first-order valence-corrected chi connectivity index (χ1v) is 10.6. The number of likely N-dealkylation sites (N-methyl/N-ethyl adjacent to an activating group) is 1. The number of hydrogen-bond donors (Lipinski definition) is 1. The van der Waals surface area contributed by atoms with Gasteiger partial charge in [0.2, 0.25) is 0 Å². The first-order chi connectivity index (χ1) is 12.1. The number of fused-ring (bicyclic) bond motifs is 3. The SMILES string of the molecule is Cc1nc(NC[C@@H](c2cccs2)N(C)C)c2c3c(sc2n1)CCCC3. The maximum absolute atomic E-state index is 4.76. The van der Waals surface area contributed by atoms with Gasteiger partial charge in [-0.15, -0.1) is 22.7 Å². The topological polar surface area (TPSA) is 41.1 Å². The number of anilines is 1. The van der Waals surface area contributed by atoms with Crippen LogP contribution in [0.5, 0.6) is 0 Å². The third-order valence-electron chi connectivity index (χ3n) is 4.88. The van der Waals surface area contributed by atoms with Crippen LogP contribution in [0.2, 0.25) is 0 Å². The van der Waals surface area contributed by atoms with E-state index < -0.39 is 0 Å². The van der Waals surface area contributed by atoms with Crippen molar-refractivity contribution in [3.05, 3.63) is 38.7 Å². The number of nitrogens with zero attached hydrogens (tertiary/aromatic N) is 3. The second-order valence-corrected chi connectivity index (χ2v) is 8.95. The van der Waals surface area contributed by atoms with E-state index in [-0.39, 0.29) is 0 Å². The molecule has 0 unspecified atom stereocenters. The Morgan fingerprint density at radius 1 is 1.24 bits per heavy atom. The van der Waals surface area contributed by atoms with E-state index in [4.69, 9.17) is 9.97 Å². The summed E-state index contributed by atoms with van der Waals surface area (Å²) in [4.78, 5) is 15.8. The normalized spacial score (nSPS) is 15.5. The number of rotatable bonds is 5. The maximum Gasteiger partial charge on any atom is 0.138 e. The van der Waals surface area contributed by atoms with Crippen molar-refractivity contribution in [2.45, 2.75) is 38.6 Å². The molecule has 3 aromatic heterocycles. The van der Waals surface area contributed by atoms with Crippen LogP contribution >= 0.6 is 22.7 Å². The summed E-state index contributed by atoms with van der Waals surface area (Å²) in [5, 5.41) is 7.07. The lowest BCUT2D eigenvalue weighted by Crippen LogP contribution is -2.26. The standard InChI is InChI=1S/C19H24N4S2/c1-12-21-18(20-11-14(23(2)3)16-9-6-10-24-16)17-13-7-4-5-8-15(13)25-19(17)22-12/h6,9-10,14H,4-5,7-8,11H2,1-3H3,(H,20,21,22)/t14-/m0/s1. The molecule has 0 spiro atoms. The van der Waals surface area contributed by atoms with Crippen molar-refractivity contribution in [2.24, 2.45) is 0 Å². The largest absolute Gasteiger partial charge is 0.367 e. The monoisotopic (exact) mass is 372 g/mol. The summed E-state index contributed by atoms with van der Waals surface area (Å²) in [5.74, 6) is 1.87. The zero-order chi connectivity index (χ0) is 17.4. The third-order valence-corrected chi connectivity index (χ3v) is 7.04. The molecule has 0 saturated heterocycles. The predicted octanol–water partition coefficient (Wildman–Crippen LogP) is 4.65. The highest BCUT2D eigenvalue weighted by atomic mass is 32.1. The molecule has 1 N–H and O–H groups in total. The van der Waals surface area contributed by atoms with Gasteiger partial charge in [0.25, 0.3) is 0 Å². The third kappa shape index (κ3) is 3.30. The molecule has 3 heterocycles. The van der Waals surface area contributed by atoms with Gasteiger partial charge in [-0.25, -0.2) is 9.97 Å². The minimum absolute atomic E-state index is 0.347. The summed E-state index contributed by atoms with van der Waals surface area (Å²) < 4.78 is 0. The Bertz CT molecular complexity index is 867. The lowest BCUT2D eigenvalue weighted by atomic mass is 9.97. The molecule has 0 radical (unpaired) electrons. The summed E-state index contributed by atoms with van der Waals surface area (Å²) in [6.45, 7) is 2.84. The molecule has 0 fully saturated rings. The molecular weight excluding hydrogens is 348 g/mol. The van der Waals surface area contributed by atoms with Gasteiger partial charge in [-0.1, -0.05) is 6.07 Å². The summed E-state index contributed by atoms with van der Waals surface area (Å²) in [5.41, 5.74) is 1.49. The molecule has 0 aromatic carbocycles. The van der Waals surface area contributed by atoms with Crippen LogP contribution in [0.15, 0.2) is 17.5 Å². The minimum Gasteiger partial charge on any atom is -0.367 e. The van der Waals surface area contributed by atoms with E-state index >= 15 is 0 Å². The lowest BCUT2D eigenvalue weighted by Gasteiger charge is -2.24. The average molecular weight is 373 g/mol. The number of aryl methyl sites for hydroxylation is 3. The van der Waals surface area contributed by atoms with E-state index in [0.29, 0.717) is 6.04 Å². The highest BCUT2D eigenvalue weighted by molar-refractivity contribution is 7.19. The van der Waals surface area contributed by atoms with Crippen LogP contribution in [-0.2, 0) is 12.8 Å². The lowest BCUT2D eigenvalue weighted by molar-refractivity contribution is 0.316. The van der Waals surface area contributed by atoms with E-state index in [1.807, 2.05) is 29.6 Å². The van der Waals surface area contributed by atoms with Gasteiger partial charge in [-0.3, -0.25) is 0 Å². The van der Waals surface area contributed by atoms with Crippen molar-refractivity contribution in [1.82, 2.24) is 14.9 Å². The van der Waals surface area contributed by atoms with Crippen LogP contribution in [0.3, 0.4) is 0 Å². The van der Waals surface area contributed by atoms with Crippen LogP contribution in [-0.4, -0.2) is 35.5 Å². The molecule has 4 nitrogen and oxygen atoms in total. The van der Waals surface area contributed by atoms with Gasteiger partial charge in [0, 0.05) is 16.3 Å². The second kappa shape index (κ2) is 7.02. The van der Waals surface area contributed by atoms with E-state index in [2.05, 4.69) is 41.8 Å². The van der Waals surface area contributed by atoms with Gasteiger partial charge in [0.15, 0.2) is 0 Å². The second-order valence-electron chi connectivity index (χ2n) is 6.89. The molecule has 0 bridgehead atoms. The highest BCUT2D eigenvalue weighted by Gasteiger charge is 2.22. The minimum atomic E-state index is 0.347. The van der Waals surface area contributed by atoms with Crippen molar-refractivity contribution < 1.29 is 0 Å². The summed E-state index contributed by atoms with van der Waals surface area (Å²) in [6.07, 6.45) is 4.95. The molecule has 132 valence electrons. The number of aromatic nitrogens is 2. The van der Waals surface area contributed by atoms with Crippen molar-refractivity contribution >= 4 is 38.7 Å². The van der Waals surface area contributed by atoms with Crippen molar-refractivity contribution in [2.75, 3.05) is 26.0 Å². The fourth-order valence-electron chi connectivity index (χ4n) is 3.60. The first-order valence-electron chi connectivity index (χ1n) is 8.86. The summed E-state index contributed by atoms with van der Waals surface area (Å²) in [6, 6.07) is 4.68. The molecule has 0 amide bonds. The number of thiophene rings is 2. The van der Waals surface area contributed by atoms with Crippen LogP contribution in [0.1, 0.15) is 40.0 Å². The molecule has 1 aliphatic rings. The molecule has 0 saturated carbocycles. The van der Waals surface area contributed by atoms with E-state index in [1.54, 1.807) is 0 Å². The molecular formula is C19H24N4S2. The Kier molecular flexibility index (Phi) is 4.75. The van der Waals surface area contributed by atoms with Crippen LogP contribution in [0, 0.1) is 6.92 Å². The summed E-state index contributed by atoms with van der Waals surface area (Å²) in [7, 11) is 4.28. The molecule has 25 heavy (non-hydrogen) atoms. The van der Waals surface area contributed by atoms with Crippen molar-refractivity contribution in [1.29, 1.82) is 0 Å². The van der Waals surface area contributed by atoms with Crippen LogP contribution < -0.4 is 5.32 Å². The Balaban J connectivity index is 1.68. The van der Waals surface area contributed by atoms with Crippen LogP contribution in [0.4, 0.5) is 5.82 Å². The number of nitrogens with one attached hydrogen (secondary N) is 1. The molecule has 6 heteroatoms. The van der Waals surface area contributed by atoms with Gasteiger partial charge in [-0.05, 0) is 63.7 Å². The molecule has 4 rings (SSSR count). The summed E-state index contributed by atoms with van der Waals surface area (Å²) >= 11 is 3.68. The van der Waals surface area contributed by atoms with E-state index in [1.165, 1.54) is 46.4 Å². The maximum atomic E-state index is 4.76.